The molecule has 0 aliphatic heterocycles. The van der Waals surface area contributed by atoms with Gasteiger partial charge in [0.2, 0.25) is 11.4 Å². The lowest BCUT2D eigenvalue weighted by atomic mass is 9.98. The summed E-state index contributed by atoms with van der Waals surface area (Å²) in [5, 5.41) is 2.02. The number of rotatable bonds is 2. The molecule has 0 radical (unpaired) electrons. The number of pyridine rings is 1. The van der Waals surface area contributed by atoms with Crippen LogP contribution in [0.5, 0.6) is 0 Å². The van der Waals surface area contributed by atoms with E-state index < -0.39 is 0 Å². The van der Waals surface area contributed by atoms with Crippen LogP contribution >= 0.6 is 0 Å². The Labute approximate surface area is 182 Å². The summed E-state index contributed by atoms with van der Waals surface area (Å²) in [4.78, 5) is 3.80. The molecule has 150 valence electrons. The van der Waals surface area contributed by atoms with Gasteiger partial charge in [0.25, 0.3) is 0 Å². The predicted octanol–water partition coefficient (Wildman–Crippen LogP) is 7.22. The van der Waals surface area contributed by atoms with E-state index in [0.717, 1.165) is 44.3 Å². The zero-order chi connectivity index (χ0) is 21.7. The molecule has 0 aliphatic carbocycles. The van der Waals surface area contributed by atoms with Gasteiger partial charge in [-0.25, -0.2) is 4.85 Å². The third kappa shape index (κ3) is 3.00. The molecule has 5 rings (SSSR count). The van der Waals surface area contributed by atoms with Gasteiger partial charge in [0, 0.05) is 29.8 Å². The maximum absolute atomic E-state index is 7.77. The summed E-state index contributed by atoms with van der Waals surface area (Å²) in [7, 11) is 2.09. The molecule has 0 bridgehead atoms. The number of nitrogens with zero attached hydrogens (tertiary/aromatic N) is 2. The molecule has 0 N–H and O–H groups in total. The molecular formula is C28H23N2O+. The fourth-order valence-corrected chi connectivity index (χ4v) is 4.43. The molecule has 3 heteroatoms. The average Bonchev–Trinajstić information content (AvgIpc) is 3.15. The van der Waals surface area contributed by atoms with Gasteiger partial charge in [-0.3, -0.25) is 0 Å². The lowest BCUT2D eigenvalue weighted by Gasteiger charge is -2.08. The highest BCUT2D eigenvalue weighted by atomic mass is 16.3. The fourth-order valence-electron chi connectivity index (χ4n) is 4.43. The van der Waals surface area contributed by atoms with Gasteiger partial charge in [0.05, 0.1) is 12.1 Å². The molecule has 0 spiro atoms. The Bertz CT molecular complexity index is 1520. The lowest BCUT2D eigenvalue weighted by Crippen LogP contribution is -2.35. The van der Waals surface area contributed by atoms with Crippen LogP contribution in [-0.4, -0.2) is 0 Å². The maximum Gasteiger partial charge on any atom is 0.230 e. The van der Waals surface area contributed by atoms with Crippen molar-refractivity contribution in [1.29, 1.82) is 0 Å². The number of aryl methyl sites for hydroxylation is 3. The Morgan fingerprint density at radius 2 is 1.58 bits per heavy atom. The third-order valence-corrected chi connectivity index (χ3v) is 6.10. The smallest absolute Gasteiger partial charge is 0.230 e. The second-order valence-electron chi connectivity index (χ2n) is 8.20. The van der Waals surface area contributed by atoms with Crippen LogP contribution in [0.15, 0.2) is 71.1 Å². The number of fused-ring (bicyclic) bond motifs is 3. The standard InChI is InChI=1S/C28H23N2O/c1-17-13-19(3)30(5)25(14-17)26-18(2)11-12-22-23-15-21(20-9-7-6-8-10-20)16-24(29-4)27(23)31-28(22)26/h6-16H,1-3,5H3/q+1. The first-order chi connectivity index (χ1) is 15.0. The topological polar surface area (TPSA) is 21.4 Å². The maximum atomic E-state index is 7.77. The molecule has 0 saturated carbocycles. The van der Waals surface area contributed by atoms with Gasteiger partial charge < -0.3 is 4.42 Å². The number of hydrogen-bond acceptors (Lipinski definition) is 1. The van der Waals surface area contributed by atoms with Crippen molar-refractivity contribution in [2.75, 3.05) is 0 Å². The first kappa shape index (κ1) is 19.1. The van der Waals surface area contributed by atoms with Gasteiger partial charge >= 0.3 is 0 Å². The summed E-state index contributed by atoms with van der Waals surface area (Å²) in [6, 6.07) is 22.9. The monoisotopic (exact) mass is 403 g/mol. The molecule has 2 aromatic heterocycles. The van der Waals surface area contributed by atoms with Crippen LogP contribution in [-0.2, 0) is 7.05 Å². The van der Waals surface area contributed by atoms with E-state index in [2.05, 4.69) is 79.7 Å². The first-order valence-corrected chi connectivity index (χ1v) is 10.4. The minimum absolute atomic E-state index is 0.543. The molecule has 3 aromatic carbocycles. The van der Waals surface area contributed by atoms with Gasteiger partial charge in [0.15, 0.2) is 5.69 Å². The van der Waals surface area contributed by atoms with Crippen LogP contribution < -0.4 is 4.57 Å². The highest BCUT2D eigenvalue weighted by molar-refractivity contribution is 6.14. The van der Waals surface area contributed by atoms with E-state index in [4.69, 9.17) is 11.0 Å². The Hall–Kier alpha value is -3.90. The van der Waals surface area contributed by atoms with Crippen LogP contribution in [0.25, 0.3) is 49.2 Å². The SMILES string of the molecule is [C-]#[N+]c1cc(-c2ccccc2)cc2c1oc1c(-c3cc(C)cc(C)[n+]3C)c(C)ccc12. The van der Waals surface area contributed by atoms with E-state index in [1.165, 1.54) is 11.3 Å². The van der Waals surface area contributed by atoms with Crippen LogP contribution in [0.3, 0.4) is 0 Å². The summed E-state index contributed by atoms with van der Waals surface area (Å²) in [6.45, 7) is 14.1. The molecule has 0 amide bonds. The Balaban J connectivity index is 1.89. The average molecular weight is 404 g/mol. The minimum Gasteiger partial charge on any atom is -0.466 e. The van der Waals surface area contributed by atoms with Gasteiger partial charge in [-0.1, -0.05) is 42.5 Å². The highest BCUT2D eigenvalue weighted by Crippen LogP contribution is 2.42. The normalized spacial score (nSPS) is 11.2. The zero-order valence-corrected chi connectivity index (χ0v) is 18.2. The summed E-state index contributed by atoms with van der Waals surface area (Å²) in [6.07, 6.45) is 0. The number of furan rings is 1. The Kier molecular flexibility index (Phi) is 4.38. The molecule has 0 atom stereocenters. The molecule has 0 aliphatic rings. The summed E-state index contributed by atoms with van der Waals surface area (Å²) < 4.78 is 8.64. The molecule has 3 nitrogen and oxygen atoms in total. The van der Waals surface area contributed by atoms with Crippen LogP contribution in [0.1, 0.15) is 16.8 Å². The van der Waals surface area contributed by atoms with E-state index in [1.54, 1.807) is 0 Å². The van der Waals surface area contributed by atoms with E-state index in [-0.39, 0.29) is 0 Å². The van der Waals surface area contributed by atoms with Gasteiger partial charge in [-0.05, 0) is 48.2 Å². The fraction of sp³-hybridized carbons (Fsp3) is 0.143. The number of aromatic nitrogens is 1. The van der Waals surface area contributed by atoms with Crippen molar-refractivity contribution in [1.82, 2.24) is 0 Å². The second-order valence-corrected chi connectivity index (χ2v) is 8.20. The van der Waals surface area contributed by atoms with Crippen molar-refractivity contribution in [3.05, 3.63) is 95.0 Å². The van der Waals surface area contributed by atoms with E-state index in [9.17, 15) is 0 Å². The summed E-state index contributed by atoms with van der Waals surface area (Å²) >= 11 is 0. The lowest BCUT2D eigenvalue weighted by molar-refractivity contribution is -0.666. The quantitative estimate of drug-likeness (QED) is 0.225. The Morgan fingerprint density at radius 3 is 2.32 bits per heavy atom. The molecule has 31 heavy (non-hydrogen) atoms. The van der Waals surface area contributed by atoms with Crippen LogP contribution in [0.2, 0.25) is 0 Å². The van der Waals surface area contributed by atoms with Gasteiger partial charge in [0.1, 0.15) is 18.2 Å². The zero-order valence-electron chi connectivity index (χ0n) is 18.2. The van der Waals surface area contributed by atoms with Crippen molar-refractivity contribution >= 4 is 27.6 Å². The largest absolute Gasteiger partial charge is 0.466 e. The molecule has 0 unspecified atom stereocenters. The number of benzene rings is 3. The summed E-state index contributed by atoms with van der Waals surface area (Å²) in [5.74, 6) is 0. The molecule has 5 aromatic rings. The van der Waals surface area contributed by atoms with E-state index in [0.29, 0.717) is 11.3 Å². The molecule has 2 heterocycles. The predicted molar refractivity (Wildman–Crippen MR) is 126 cm³/mol. The number of hydrogen-bond donors (Lipinski definition) is 0. The van der Waals surface area contributed by atoms with Crippen molar-refractivity contribution in [2.45, 2.75) is 20.8 Å². The van der Waals surface area contributed by atoms with Crippen molar-refractivity contribution in [2.24, 2.45) is 7.05 Å². The third-order valence-electron chi connectivity index (χ3n) is 6.10. The van der Waals surface area contributed by atoms with Gasteiger partial charge in [-0.2, -0.15) is 4.57 Å². The van der Waals surface area contributed by atoms with Crippen molar-refractivity contribution < 1.29 is 8.98 Å². The summed E-state index contributed by atoms with van der Waals surface area (Å²) in [5.41, 5.74) is 9.92. The Morgan fingerprint density at radius 1 is 0.806 bits per heavy atom. The first-order valence-electron chi connectivity index (χ1n) is 10.4. The molecule has 0 fully saturated rings. The van der Waals surface area contributed by atoms with Crippen molar-refractivity contribution in [3.8, 4) is 22.4 Å². The highest BCUT2D eigenvalue weighted by Gasteiger charge is 2.23. The van der Waals surface area contributed by atoms with E-state index >= 15 is 0 Å². The van der Waals surface area contributed by atoms with Crippen molar-refractivity contribution in [3.63, 3.8) is 0 Å². The van der Waals surface area contributed by atoms with E-state index in [1.807, 2.05) is 24.3 Å². The van der Waals surface area contributed by atoms with Crippen LogP contribution in [0, 0.1) is 27.3 Å². The molecular weight excluding hydrogens is 380 g/mol. The second kappa shape index (κ2) is 7.11. The van der Waals surface area contributed by atoms with Gasteiger partial charge in [-0.15, -0.1) is 0 Å². The molecule has 0 saturated heterocycles. The minimum atomic E-state index is 0.543. The van der Waals surface area contributed by atoms with Crippen LogP contribution in [0.4, 0.5) is 5.69 Å².